The molecule has 1 aliphatic carbocycles. The Morgan fingerprint density at radius 1 is 1.38 bits per heavy atom. The minimum Gasteiger partial charge on any atom is -0.480 e. The molecule has 3 rings (SSSR count). The molecule has 0 radical (unpaired) electrons. The van der Waals surface area contributed by atoms with Gasteiger partial charge in [-0.25, -0.2) is 9.18 Å². The first-order valence-electron chi connectivity index (χ1n) is 7.32. The third kappa shape index (κ3) is 2.35. The van der Waals surface area contributed by atoms with Crippen molar-refractivity contribution in [3.05, 3.63) is 29.6 Å². The fourth-order valence-electron chi connectivity index (χ4n) is 3.81. The number of carboxylic acids is 1. The van der Waals surface area contributed by atoms with Gasteiger partial charge in [0, 0.05) is 6.04 Å². The Bertz CT molecular complexity index is 611. The number of rotatable bonds is 2. The molecule has 0 aromatic heterocycles. The Morgan fingerprint density at radius 2 is 2.14 bits per heavy atom. The molecular formula is C16H17FN2O2. The van der Waals surface area contributed by atoms with E-state index in [1.165, 1.54) is 6.07 Å². The maximum atomic E-state index is 14.3. The van der Waals surface area contributed by atoms with Crippen LogP contribution in [0, 0.1) is 23.1 Å². The van der Waals surface area contributed by atoms with Crippen molar-refractivity contribution < 1.29 is 14.3 Å². The van der Waals surface area contributed by atoms with Crippen LogP contribution >= 0.6 is 0 Å². The van der Waals surface area contributed by atoms with Crippen LogP contribution in [-0.2, 0) is 4.79 Å². The second-order valence-electron chi connectivity index (χ2n) is 5.89. The molecular weight excluding hydrogens is 271 g/mol. The fourth-order valence-corrected chi connectivity index (χ4v) is 3.81. The highest BCUT2D eigenvalue weighted by atomic mass is 19.1. The standard InChI is InChI=1S/C16H17FN2O2/c17-12-7-10(9-18)5-6-14(12)19-13-4-2-1-3-11(13)8-15(19)16(20)21/h5-7,11,13,15H,1-4,8H2,(H,20,21). The zero-order valence-electron chi connectivity index (χ0n) is 11.6. The Balaban J connectivity index is 2.00. The summed E-state index contributed by atoms with van der Waals surface area (Å²) in [5.41, 5.74) is 0.568. The van der Waals surface area contributed by atoms with Crippen molar-refractivity contribution in [2.24, 2.45) is 5.92 Å². The Morgan fingerprint density at radius 3 is 2.81 bits per heavy atom. The minimum absolute atomic E-state index is 0.0993. The molecule has 5 heteroatoms. The van der Waals surface area contributed by atoms with Crippen LogP contribution in [0.3, 0.4) is 0 Å². The van der Waals surface area contributed by atoms with Crippen molar-refractivity contribution in [2.45, 2.75) is 44.2 Å². The van der Waals surface area contributed by atoms with E-state index in [9.17, 15) is 14.3 Å². The van der Waals surface area contributed by atoms with Gasteiger partial charge in [0.25, 0.3) is 0 Å². The van der Waals surface area contributed by atoms with Gasteiger partial charge in [0.05, 0.1) is 17.3 Å². The smallest absolute Gasteiger partial charge is 0.326 e. The number of carboxylic acid groups (broad SMARTS) is 1. The van der Waals surface area contributed by atoms with Crippen LogP contribution in [0.1, 0.15) is 37.7 Å². The SMILES string of the molecule is N#Cc1ccc(N2C(C(=O)O)CC3CCCCC32)c(F)c1. The van der Waals surface area contributed by atoms with Crippen LogP contribution < -0.4 is 4.90 Å². The molecule has 21 heavy (non-hydrogen) atoms. The number of fused-ring (bicyclic) bond motifs is 1. The summed E-state index contributed by atoms with van der Waals surface area (Å²) in [5, 5.41) is 18.3. The summed E-state index contributed by atoms with van der Waals surface area (Å²) in [6, 6.07) is 5.61. The lowest BCUT2D eigenvalue weighted by atomic mass is 9.84. The number of benzene rings is 1. The Labute approximate surface area is 122 Å². The van der Waals surface area contributed by atoms with Crippen LogP contribution in [0.5, 0.6) is 0 Å². The first kappa shape index (κ1) is 13.9. The predicted molar refractivity (Wildman–Crippen MR) is 75.4 cm³/mol. The molecule has 1 aromatic rings. The summed E-state index contributed by atoms with van der Waals surface area (Å²) < 4.78 is 14.3. The molecule has 3 unspecified atom stereocenters. The normalized spacial score (nSPS) is 28.0. The molecule has 0 bridgehead atoms. The molecule has 3 atom stereocenters. The van der Waals surface area contributed by atoms with Crippen molar-refractivity contribution in [3.63, 3.8) is 0 Å². The molecule has 1 N–H and O–H groups in total. The first-order valence-corrected chi connectivity index (χ1v) is 7.32. The summed E-state index contributed by atoms with van der Waals surface area (Å²) >= 11 is 0. The van der Waals surface area contributed by atoms with Crippen molar-refractivity contribution >= 4 is 11.7 Å². The van der Waals surface area contributed by atoms with E-state index >= 15 is 0 Å². The third-order valence-corrected chi connectivity index (χ3v) is 4.73. The van der Waals surface area contributed by atoms with Gasteiger partial charge in [0.2, 0.25) is 0 Å². The molecule has 1 saturated heterocycles. The minimum atomic E-state index is -0.895. The van der Waals surface area contributed by atoms with Crippen molar-refractivity contribution in [1.29, 1.82) is 5.26 Å². The quantitative estimate of drug-likeness (QED) is 0.908. The summed E-state index contributed by atoms with van der Waals surface area (Å²) in [4.78, 5) is 13.3. The van der Waals surface area contributed by atoms with Gasteiger partial charge in [-0.2, -0.15) is 5.26 Å². The average Bonchev–Trinajstić information content (AvgIpc) is 2.86. The van der Waals surface area contributed by atoms with Crippen LogP contribution in [-0.4, -0.2) is 23.2 Å². The van der Waals surface area contributed by atoms with Gasteiger partial charge in [-0.15, -0.1) is 0 Å². The van der Waals surface area contributed by atoms with Crippen molar-refractivity contribution in [3.8, 4) is 6.07 Å². The molecule has 0 spiro atoms. The molecule has 4 nitrogen and oxygen atoms in total. The fraction of sp³-hybridized carbons (Fsp3) is 0.500. The van der Waals surface area contributed by atoms with Gasteiger partial charge in [0.15, 0.2) is 0 Å². The molecule has 1 aliphatic heterocycles. The number of hydrogen-bond donors (Lipinski definition) is 1. The summed E-state index contributed by atoms with van der Waals surface area (Å²) in [6.07, 6.45) is 4.69. The maximum absolute atomic E-state index is 14.3. The van der Waals surface area contributed by atoms with Gasteiger partial charge < -0.3 is 10.0 Å². The van der Waals surface area contributed by atoms with E-state index in [2.05, 4.69) is 0 Å². The van der Waals surface area contributed by atoms with E-state index in [4.69, 9.17) is 5.26 Å². The lowest BCUT2D eigenvalue weighted by Gasteiger charge is -2.34. The summed E-state index contributed by atoms with van der Waals surface area (Å²) in [7, 11) is 0. The van der Waals surface area contributed by atoms with E-state index < -0.39 is 17.8 Å². The Kier molecular flexibility index (Phi) is 3.54. The second kappa shape index (κ2) is 5.36. The van der Waals surface area contributed by atoms with Gasteiger partial charge in [0.1, 0.15) is 11.9 Å². The number of nitriles is 1. The van der Waals surface area contributed by atoms with Crippen molar-refractivity contribution in [2.75, 3.05) is 4.90 Å². The number of nitrogens with zero attached hydrogens (tertiary/aromatic N) is 2. The van der Waals surface area contributed by atoms with Gasteiger partial charge in [-0.3, -0.25) is 0 Å². The number of halogens is 1. The molecule has 2 aliphatic rings. The van der Waals surface area contributed by atoms with E-state index in [1.807, 2.05) is 6.07 Å². The molecule has 2 fully saturated rings. The predicted octanol–water partition coefficient (Wildman–Crippen LogP) is 2.92. The number of aliphatic carboxylic acids is 1. The van der Waals surface area contributed by atoms with Gasteiger partial charge in [-0.05, 0) is 43.4 Å². The first-order chi connectivity index (χ1) is 10.1. The molecule has 0 amide bonds. The largest absolute Gasteiger partial charge is 0.480 e. The monoisotopic (exact) mass is 288 g/mol. The molecule has 1 aromatic carbocycles. The van der Waals surface area contributed by atoms with Crippen LogP contribution in [0.4, 0.5) is 10.1 Å². The Hall–Kier alpha value is -2.09. The van der Waals surface area contributed by atoms with E-state index in [1.54, 1.807) is 17.0 Å². The summed E-state index contributed by atoms with van der Waals surface area (Å²) in [5.74, 6) is -1.07. The average molecular weight is 288 g/mol. The van der Waals surface area contributed by atoms with Crippen LogP contribution in [0.15, 0.2) is 18.2 Å². The number of anilines is 1. The highest BCUT2D eigenvalue weighted by Gasteiger charge is 2.46. The van der Waals surface area contributed by atoms with Gasteiger partial charge >= 0.3 is 5.97 Å². The zero-order valence-corrected chi connectivity index (χ0v) is 11.6. The number of carbonyl (C=O) groups is 1. The van der Waals surface area contributed by atoms with E-state index in [0.29, 0.717) is 18.0 Å². The zero-order chi connectivity index (χ0) is 15.0. The molecule has 1 saturated carbocycles. The maximum Gasteiger partial charge on any atom is 0.326 e. The lowest BCUT2D eigenvalue weighted by Crippen LogP contribution is -2.42. The van der Waals surface area contributed by atoms with Gasteiger partial charge in [-0.1, -0.05) is 12.8 Å². The molecule has 1 heterocycles. The number of hydrogen-bond acceptors (Lipinski definition) is 3. The highest BCUT2D eigenvalue weighted by Crippen LogP contribution is 2.43. The highest BCUT2D eigenvalue weighted by molar-refractivity contribution is 5.79. The van der Waals surface area contributed by atoms with Crippen LogP contribution in [0.25, 0.3) is 0 Å². The van der Waals surface area contributed by atoms with Crippen molar-refractivity contribution in [1.82, 2.24) is 0 Å². The second-order valence-corrected chi connectivity index (χ2v) is 5.89. The third-order valence-electron chi connectivity index (χ3n) is 4.73. The van der Waals surface area contributed by atoms with E-state index in [-0.39, 0.29) is 11.6 Å². The topological polar surface area (TPSA) is 64.3 Å². The van der Waals surface area contributed by atoms with Crippen LogP contribution in [0.2, 0.25) is 0 Å². The molecule has 110 valence electrons. The van der Waals surface area contributed by atoms with E-state index in [0.717, 1.165) is 25.7 Å². The lowest BCUT2D eigenvalue weighted by molar-refractivity contribution is -0.138. The summed E-state index contributed by atoms with van der Waals surface area (Å²) in [6.45, 7) is 0.